The molecule has 10 heteroatoms. The summed E-state index contributed by atoms with van der Waals surface area (Å²) in [5.41, 5.74) is -0.0474. The molecule has 1 atom stereocenters. The van der Waals surface area contributed by atoms with Crippen molar-refractivity contribution in [2.45, 2.75) is 25.5 Å². The molecule has 1 aromatic rings. The highest BCUT2D eigenvalue weighted by Gasteiger charge is 2.32. The van der Waals surface area contributed by atoms with Crippen LogP contribution in [0.4, 0.5) is 11.4 Å². The van der Waals surface area contributed by atoms with Gasteiger partial charge in [0.05, 0.1) is 15.6 Å². The summed E-state index contributed by atoms with van der Waals surface area (Å²) >= 11 is 7.14. The minimum Gasteiger partial charge on any atom is -0.325 e. The topological polar surface area (TPSA) is 114 Å². The van der Waals surface area contributed by atoms with Gasteiger partial charge in [-0.15, -0.1) is 0 Å². The quantitative estimate of drug-likeness (QED) is 0.578. The van der Waals surface area contributed by atoms with Crippen molar-refractivity contribution in [3.8, 4) is 0 Å². The summed E-state index contributed by atoms with van der Waals surface area (Å²) in [7, 11) is 0. The van der Waals surface area contributed by atoms with E-state index in [9.17, 15) is 19.7 Å². The maximum atomic E-state index is 12.1. The first kappa shape index (κ1) is 19.2. The zero-order chi connectivity index (χ0) is 18.6. The molecule has 1 heterocycles. The van der Waals surface area contributed by atoms with E-state index >= 15 is 0 Å². The molecule has 2 amide bonds. The molecule has 0 spiro atoms. The van der Waals surface area contributed by atoms with E-state index in [-0.39, 0.29) is 28.7 Å². The van der Waals surface area contributed by atoms with Crippen molar-refractivity contribution >= 4 is 51.7 Å². The fourth-order valence-corrected chi connectivity index (χ4v) is 3.12. The Kier molecular flexibility index (Phi) is 6.38. The molecule has 0 saturated carbocycles. The average Bonchev–Trinajstić information content (AvgIpc) is 2.87. The van der Waals surface area contributed by atoms with E-state index in [1.807, 2.05) is 13.8 Å². The van der Waals surface area contributed by atoms with Crippen LogP contribution in [0.5, 0.6) is 0 Å². The van der Waals surface area contributed by atoms with E-state index in [1.54, 1.807) is 0 Å². The Hall–Kier alpha value is -2.13. The zero-order valence-corrected chi connectivity index (χ0v) is 15.2. The van der Waals surface area contributed by atoms with E-state index < -0.39 is 16.1 Å². The van der Waals surface area contributed by atoms with E-state index in [0.717, 1.165) is 0 Å². The Morgan fingerprint density at radius 1 is 1.52 bits per heavy atom. The Morgan fingerprint density at radius 3 is 2.88 bits per heavy atom. The summed E-state index contributed by atoms with van der Waals surface area (Å²) in [5.74, 6) is -0.378. The lowest BCUT2D eigenvalue weighted by molar-refractivity contribution is -0.384. The Bertz CT molecular complexity index is 738. The Balaban J connectivity index is 1.99. The van der Waals surface area contributed by atoms with Crippen molar-refractivity contribution in [2.24, 2.45) is 10.9 Å². The van der Waals surface area contributed by atoms with Gasteiger partial charge in [-0.2, -0.15) is 0 Å². The van der Waals surface area contributed by atoms with E-state index in [1.165, 1.54) is 30.0 Å². The number of amides is 2. The lowest BCUT2D eigenvalue weighted by atomic mass is 10.2. The van der Waals surface area contributed by atoms with E-state index in [0.29, 0.717) is 17.6 Å². The lowest BCUT2D eigenvalue weighted by Gasteiger charge is -2.08. The maximum Gasteiger partial charge on any atom is 0.271 e. The average molecular weight is 385 g/mol. The van der Waals surface area contributed by atoms with Crippen molar-refractivity contribution in [3.05, 3.63) is 33.3 Å². The Labute approximate surface area is 153 Å². The fourth-order valence-electron chi connectivity index (χ4n) is 1.97. The van der Waals surface area contributed by atoms with Crippen LogP contribution in [-0.2, 0) is 9.59 Å². The van der Waals surface area contributed by atoms with Gasteiger partial charge in [0, 0.05) is 25.1 Å². The van der Waals surface area contributed by atoms with Crippen LogP contribution < -0.4 is 10.6 Å². The van der Waals surface area contributed by atoms with Crippen LogP contribution in [0.15, 0.2) is 23.2 Å². The van der Waals surface area contributed by atoms with Crippen LogP contribution in [0.2, 0.25) is 5.02 Å². The van der Waals surface area contributed by atoms with Crippen LogP contribution in [0, 0.1) is 16.0 Å². The summed E-state index contributed by atoms with van der Waals surface area (Å²) in [4.78, 5) is 38.6. The van der Waals surface area contributed by atoms with Gasteiger partial charge in [-0.3, -0.25) is 24.7 Å². The number of rotatable bonds is 6. The molecule has 8 nitrogen and oxygen atoms in total. The van der Waals surface area contributed by atoms with Crippen molar-refractivity contribution in [3.63, 3.8) is 0 Å². The fraction of sp³-hybridized carbons (Fsp3) is 0.400. The third kappa shape index (κ3) is 5.43. The van der Waals surface area contributed by atoms with Gasteiger partial charge >= 0.3 is 0 Å². The summed E-state index contributed by atoms with van der Waals surface area (Å²) in [6, 6.07) is 3.76. The number of amidine groups is 1. The summed E-state index contributed by atoms with van der Waals surface area (Å²) < 4.78 is 0. The van der Waals surface area contributed by atoms with Gasteiger partial charge in [-0.1, -0.05) is 37.2 Å². The summed E-state index contributed by atoms with van der Waals surface area (Å²) in [6.45, 7) is 4.61. The van der Waals surface area contributed by atoms with Gasteiger partial charge in [0.2, 0.25) is 11.8 Å². The minimum atomic E-state index is -0.594. The van der Waals surface area contributed by atoms with Gasteiger partial charge < -0.3 is 10.6 Å². The summed E-state index contributed by atoms with van der Waals surface area (Å²) in [6.07, 6.45) is -0.0871. The molecule has 0 unspecified atom stereocenters. The second kappa shape index (κ2) is 8.30. The first-order valence-corrected chi connectivity index (χ1v) is 8.77. The number of nitro benzene ring substituents is 1. The third-order valence-corrected chi connectivity index (χ3v) is 4.63. The first-order valence-electron chi connectivity index (χ1n) is 7.52. The molecular weight excluding hydrogens is 368 g/mol. The number of non-ortho nitro benzene ring substituents is 1. The lowest BCUT2D eigenvalue weighted by Crippen LogP contribution is -2.28. The van der Waals surface area contributed by atoms with Gasteiger partial charge in [-0.25, -0.2) is 0 Å². The number of nitrogens with zero attached hydrogens (tertiary/aromatic N) is 2. The minimum absolute atomic E-state index is 0.0871. The largest absolute Gasteiger partial charge is 0.325 e. The van der Waals surface area contributed by atoms with E-state index in [2.05, 4.69) is 15.6 Å². The van der Waals surface area contributed by atoms with E-state index in [4.69, 9.17) is 11.6 Å². The van der Waals surface area contributed by atoms with Gasteiger partial charge in [0.25, 0.3) is 5.69 Å². The molecule has 1 aliphatic heterocycles. The number of anilines is 1. The highest BCUT2D eigenvalue weighted by molar-refractivity contribution is 8.15. The van der Waals surface area contributed by atoms with Crippen LogP contribution in [-0.4, -0.2) is 33.7 Å². The standard InChI is InChI=1S/C15H17ClN4O4S/c1-8(2)7-17-15-19-14(22)12(25-15)6-13(21)18-11-5-9(20(23)24)3-4-10(11)16/h3-5,8,12H,6-7H2,1-2H3,(H,18,21)(H,17,19,22)/t12-/m1/s1. The first-order chi connectivity index (χ1) is 11.8. The van der Waals surface area contributed by atoms with Crippen molar-refractivity contribution in [1.29, 1.82) is 0 Å². The SMILES string of the molecule is CC(C)CN=C1NC(=O)[C@@H](CC(=O)Nc2cc([N+](=O)[O-])ccc2Cl)S1. The maximum absolute atomic E-state index is 12.1. The Morgan fingerprint density at radius 2 is 2.24 bits per heavy atom. The molecule has 1 aromatic carbocycles. The zero-order valence-electron chi connectivity index (χ0n) is 13.6. The highest BCUT2D eigenvalue weighted by atomic mass is 35.5. The number of halogens is 1. The molecule has 1 aliphatic rings. The number of thioether (sulfide) groups is 1. The second-order valence-electron chi connectivity index (χ2n) is 5.81. The van der Waals surface area contributed by atoms with Gasteiger partial charge in [0.1, 0.15) is 5.25 Å². The predicted octanol–water partition coefficient (Wildman–Crippen LogP) is 2.82. The molecule has 1 saturated heterocycles. The van der Waals surface area contributed by atoms with Crippen molar-refractivity contribution in [1.82, 2.24) is 5.32 Å². The van der Waals surface area contributed by atoms with Crippen LogP contribution >= 0.6 is 23.4 Å². The molecule has 2 N–H and O–H groups in total. The van der Waals surface area contributed by atoms with Crippen molar-refractivity contribution in [2.75, 3.05) is 11.9 Å². The van der Waals surface area contributed by atoms with Crippen LogP contribution in [0.3, 0.4) is 0 Å². The predicted molar refractivity (Wildman–Crippen MR) is 98.0 cm³/mol. The number of carbonyl (C=O) groups is 2. The van der Waals surface area contributed by atoms with Crippen molar-refractivity contribution < 1.29 is 14.5 Å². The molecule has 2 rings (SSSR count). The number of carbonyl (C=O) groups excluding carboxylic acids is 2. The monoisotopic (exact) mass is 384 g/mol. The van der Waals surface area contributed by atoms with Crippen LogP contribution in [0.25, 0.3) is 0 Å². The highest BCUT2D eigenvalue weighted by Crippen LogP contribution is 2.28. The van der Waals surface area contributed by atoms with Gasteiger partial charge in [0.15, 0.2) is 5.17 Å². The normalized spacial score (nSPS) is 18.5. The van der Waals surface area contributed by atoms with Gasteiger partial charge in [-0.05, 0) is 12.0 Å². The number of nitrogens with one attached hydrogen (secondary N) is 2. The molecule has 0 bridgehead atoms. The number of hydrogen-bond donors (Lipinski definition) is 2. The van der Waals surface area contributed by atoms with Crippen LogP contribution in [0.1, 0.15) is 20.3 Å². The summed E-state index contributed by atoms with van der Waals surface area (Å²) in [5, 5.41) is 16.0. The number of aliphatic imine (C=N–C) groups is 1. The third-order valence-electron chi connectivity index (χ3n) is 3.18. The number of nitro groups is 1. The molecule has 25 heavy (non-hydrogen) atoms. The molecule has 0 radical (unpaired) electrons. The molecule has 0 aromatic heterocycles. The number of benzene rings is 1. The second-order valence-corrected chi connectivity index (χ2v) is 7.41. The number of hydrogen-bond acceptors (Lipinski definition) is 6. The smallest absolute Gasteiger partial charge is 0.271 e. The molecule has 134 valence electrons. The molecule has 1 fully saturated rings. The molecular formula is C15H17ClN4O4S. The molecule has 0 aliphatic carbocycles.